The zero-order valence-corrected chi connectivity index (χ0v) is 16.7. The van der Waals surface area contributed by atoms with Crippen LogP contribution in [0.15, 0.2) is 44.4 Å². The van der Waals surface area contributed by atoms with E-state index in [2.05, 4.69) is 15.6 Å². The molecule has 0 saturated carbocycles. The van der Waals surface area contributed by atoms with E-state index in [1.54, 1.807) is 19.3 Å². The van der Waals surface area contributed by atoms with Gasteiger partial charge in [-0.25, -0.2) is 4.99 Å². The van der Waals surface area contributed by atoms with Gasteiger partial charge in [0.15, 0.2) is 5.96 Å². The summed E-state index contributed by atoms with van der Waals surface area (Å²) in [4.78, 5) is 4.58. The Hall–Kier alpha value is -2.25. The number of ether oxygens (including phenoxy) is 1. The lowest BCUT2D eigenvalue weighted by molar-refractivity contribution is 0.0193. The van der Waals surface area contributed by atoms with E-state index in [-0.39, 0.29) is 12.6 Å². The van der Waals surface area contributed by atoms with Crippen LogP contribution in [0.25, 0.3) is 0 Å². The smallest absolute Gasteiger partial charge is 0.191 e. The average Bonchev–Trinajstić information content (AvgIpc) is 3.36. The molecule has 28 heavy (non-hydrogen) atoms. The van der Waals surface area contributed by atoms with Crippen LogP contribution in [0.5, 0.6) is 0 Å². The maximum atomic E-state index is 10.7. The second-order valence-corrected chi connectivity index (χ2v) is 7.47. The summed E-state index contributed by atoms with van der Waals surface area (Å²) >= 11 is 0. The van der Waals surface area contributed by atoms with Gasteiger partial charge in [0.2, 0.25) is 0 Å². The fraction of sp³-hybridized carbons (Fsp3) is 0.571. The van der Waals surface area contributed by atoms with Gasteiger partial charge in [0.25, 0.3) is 0 Å². The predicted octanol–water partition coefficient (Wildman–Crippen LogP) is 2.74. The normalized spacial score (nSPS) is 20.0. The highest BCUT2D eigenvalue weighted by Crippen LogP contribution is 2.23. The van der Waals surface area contributed by atoms with Crippen LogP contribution in [0.2, 0.25) is 0 Å². The molecule has 1 aliphatic heterocycles. The summed E-state index contributed by atoms with van der Waals surface area (Å²) in [6.07, 6.45) is 5.99. The van der Waals surface area contributed by atoms with Gasteiger partial charge in [-0.15, -0.1) is 0 Å². The molecule has 0 radical (unpaired) electrons. The largest absolute Gasteiger partial charge is 0.469 e. The molecule has 7 nitrogen and oxygen atoms in total. The number of furan rings is 2. The number of nitrogens with one attached hydrogen (secondary N) is 2. The first kappa shape index (κ1) is 20.5. The number of hydrogen-bond donors (Lipinski definition) is 3. The minimum Gasteiger partial charge on any atom is -0.469 e. The fourth-order valence-electron chi connectivity index (χ4n) is 3.15. The molecule has 2 aromatic rings. The molecule has 3 heterocycles. The van der Waals surface area contributed by atoms with Gasteiger partial charge in [0.1, 0.15) is 22.9 Å². The molecule has 1 saturated heterocycles. The van der Waals surface area contributed by atoms with Crippen LogP contribution in [0.1, 0.15) is 43.5 Å². The lowest BCUT2D eigenvalue weighted by atomic mass is 10.0. The summed E-state index contributed by atoms with van der Waals surface area (Å²) in [6.45, 7) is 5.93. The van der Waals surface area contributed by atoms with Gasteiger partial charge >= 0.3 is 0 Å². The van der Waals surface area contributed by atoms with Crippen molar-refractivity contribution in [1.29, 1.82) is 0 Å². The molecule has 3 rings (SSSR count). The standard InChI is InChI=1S/C21H31N3O4/c1-16-8-9-19(28-16)21(2,25)15-24-20(22-11-10-17-7-5-13-26-17)23-14-18-6-3-4-12-27-18/h5,7-9,13,18,25H,3-4,6,10-12,14-15H2,1-2H3,(H2,22,23,24). The third-order valence-corrected chi connectivity index (χ3v) is 4.83. The minimum atomic E-state index is -1.18. The van der Waals surface area contributed by atoms with E-state index in [0.29, 0.717) is 24.8 Å². The number of aliphatic hydroxyl groups is 1. The van der Waals surface area contributed by atoms with E-state index in [1.807, 2.05) is 25.1 Å². The van der Waals surface area contributed by atoms with Crippen LogP contribution in [0.4, 0.5) is 0 Å². The van der Waals surface area contributed by atoms with E-state index in [1.165, 1.54) is 6.42 Å². The van der Waals surface area contributed by atoms with E-state index < -0.39 is 5.60 Å². The van der Waals surface area contributed by atoms with E-state index in [4.69, 9.17) is 13.6 Å². The SMILES string of the molecule is Cc1ccc(C(C)(O)CN=C(NCCc2ccco2)NCC2CCCCO2)o1. The summed E-state index contributed by atoms with van der Waals surface area (Å²) in [6, 6.07) is 7.46. The number of aliphatic imine (C=N–C) groups is 1. The maximum absolute atomic E-state index is 10.7. The first-order valence-electron chi connectivity index (χ1n) is 9.98. The number of aryl methyl sites for hydroxylation is 1. The zero-order chi connectivity index (χ0) is 19.8. The molecule has 2 aromatic heterocycles. The molecule has 154 valence electrons. The number of rotatable bonds is 8. The van der Waals surface area contributed by atoms with Crippen molar-refractivity contribution in [3.8, 4) is 0 Å². The molecule has 0 aliphatic carbocycles. The van der Waals surface area contributed by atoms with Crippen LogP contribution >= 0.6 is 0 Å². The quantitative estimate of drug-likeness (QED) is 0.475. The maximum Gasteiger partial charge on any atom is 0.191 e. The minimum absolute atomic E-state index is 0.182. The monoisotopic (exact) mass is 389 g/mol. The number of nitrogens with zero attached hydrogens (tertiary/aromatic N) is 1. The number of guanidine groups is 1. The van der Waals surface area contributed by atoms with Crippen molar-refractivity contribution >= 4 is 5.96 Å². The van der Waals surface area contributed by atoms with Crippen LogP contribution in [0.3, 0.4) is 0 Å². The van der Waals surface area contributed by atoms with Crippen molar-refractivity contribution < 1.29 is 18.7 Å². The van der Waals surface area contributed by atoms with Crippen LogP contribution in [-0.4, -0.2) is 43.4 Å². The lowest BCUT2D eigenvalue weighted by Gasteiger charge is -2.24. The molecule has 3 N–H and O–H groups in total. The van der Waals surface area contributed by atoms with Crippen molar-refractivity contribution in [1.82, 2.24) is 10.6 Å². The van der Waals surface area contributed by atoms with Crippen LogP contribution in [-0.2, 0) is 16.8 Å². The third kappa shape index (κ3) is 6.14. The molecular formula is C21H31N3O4. The Kier molecular flexibility index (Phi) is 7.17. The van der Waals surface area contributed by atoms with E-state index in [0.717, 1.165) is 37.4 Å². The van der Waals surface area contributed by atoms with Gasteiger partial charge in [0.05, 0.1) is 18.9 Å². The molecule has 0 amide bonds. The molecule has 1 fully saturated rings. The molecule has 0 bridgehead atoms. The summed E-state index contributed by atoms with van der Waals surface area (Å²) in [5.74, 6) is 2.84. The Morgan fingerprint density at radius 3 is 2.86 bits per heavy atom. The van der Waals surface area contributed by atoms with Crippen molar-refractivity contribution in [3.05, 3.63) is 47.8 Å². The Morgan fingerprint density at radius 2 is 2.18 bits per heavy atom. The van der Waals surface area contributed by atoms with Gasteiger partial charge in [-0.1, -0.05) is 0 Å². The van der Waals surface area contributed by atoms with Gasteiger partial charge in [-0.3, -0.25) is 0 Å². The summed E-state index contributed by atoms with van der Waals surface area (Å²) in [5, 5.41) is 17.4. The topological polar surface area (TPSA) is 92.2 Å². The highest BCUT2D eigenvalue weighted by Gasteiger charge is 2.27. The molecular weight excluding hydrogens is 358 g/mol. The Labute approximate surface area is 166 Å². The highest BCUT2D eigenvalue weighted by molar-refractivity contribution is 5.79. The lowest BCUT2D eigenvalue weighted by Crippen LogP contribution is -2.44. The van der Waals surface area contributed by atoms with Crippen molar-refractivity contribution in [3.63, 3.8) is 0 Å². The number of hydrogen-bond acceptors (Lipinski definition) is 5. The van der Waals surface area contributed by atoms with Crippen molar-refractivity contribution in [2.45, 2.75) is 51.2 Å². The van der Waals surface area contributed by atoms with Gasteiger partial charge < -0.3 is 29.3 Å². The summed E-state index contributed by atoms with van der Waals surface area (Å²) in [7, 11) is 0. The molecule has 2 unspecified atom stereocenters. The molecule has 7 heteroatoms. The second kappa shape index (κ2) is 9.80. The highest BCUT2D eigenvalue weighted by atomic mass is 16.5. The molecule has 0 aromatic carbocycles. The fourth-order valence-corrected chi connectivity index (χ4v) is 3.15. The van der Waals surface area contributed by atoms with Crippen molar-refractivity contribution in [2.24, 2.45) is 4.99 Å². The first-order chi connectivity index (χ1) is 13.5. The Balaban J connectivity index is 1.58. The van der Waals surface area contributed by atoms with Crippen LogP contribution in [0, 0.1) is 6.92 Å². The van der Waals surface area contributed by atoms with Gasteiger partial charge in [-0.05, 0) is 57.4 Å². The van der Waals surface area contributed by atoms with Gasteiger partial charge in [-0.2, -0.15) is 0 Å². The Bertz CT molecular complexity index is 731. The van der Waals surface area contributed by atoms with Gasteiger partial charge in [0, 0.05) is 26.1 Å². The first-order valence-corrected chi connectivity index (χ1v) is 9.98. The van der Waals surface area contributed by atoms with Crippen molar-refractivity contribution in [2.75, 3.05) is 26.2 Å². The van der Waals surface area contributed by atoms with E-state index >= 15 is 0 Å². The van der Waals surface area contributed by atoms with Crippen LogP contribution < -0.4 is 10.6 Å². The summed E-state index contributed by atoms with van der Waals surface area (Å²) in [5.41, 5.74) is -1.18. The third-order valence-electron chi connectivity index (χ3n) is 4.83. The zero-order valence-electron chi connectivity index (χ0n) is 16.7. The molecule has 2 atom stereocenters. The summed E-state index contributed by atoms with van der Waals surface area (Å²) < 4.78 is 16.7. The average molecular weight is 389 g/mol. The molecule has 1 aliphatic rings. The molecule has 0 spiro atoms. The predicted molar refractivity (Wildman–Crippen MR) is 107 cm³/mol. The second-order valence-electron chi connectivity index (χ2n) is 7.47. The van der Waals surface area contributed by atoms with E-state index in [9.17, 15) is 5.11 Å². The Morgan fingerprint density at radius 1 is 1.29 bits per heavy atom.